The zero-order valence-electron chi connectivity index (χ0n) is 16.0. The SMILES string of the molecule is CCOc1cc(N(CC)CC)ccc1/C=C(\C#N)c1nc2ccccc2[nH]1. The number of anilines is 1. The lowest BCUT2D eigenvalue weighted by Crippen LogP contribution is -2.21. The summed E-state index contributed by atoms with van der Waals surface area (Å²) in [6.45, 7) is 8.65. The standard InChI is InChI=1S/C22H24N4O/c1-4-26(5-2)18-12-11-16(21(14-18)27-6-3)13-17(15-23)22-24-19-9-7-8-10-20(19)25-22/h7-14H,4-6H2,1-3H3,(H,24,25)/b17-13+. The van der Waals surface area contributed by atoms with Crippen LogP contribution in [-0.2, 0) is 0 Å². The molecule has 0 amide bonds. The number of nitrogens with zero attached hydrogens (tertiary/aromatic N) is 3. The Morgan fingerprint density at radius 3 is 2.63 bits per heavy atom. The van der Waals surface area contributed by atoms with Crippen LogP contribution in [0.25, 0.3) is 22.7 Å². The fraction of sp³-hybridized carbons (Fsp3) is 0.273. The topological polar surface area (TPSA) is 64.9 Å². The van der Waals surface area contributed by atoms with Gasteiger partial charge in [-0.3, -0.25) is 0 Å². The van der Waals surface area contributed by atoms with E-state index in [4.69, 9.17) is 4.74 Å². The molecule has 0 spiro atoms. The molecule has 1 N–H and O–H groups in total. The Hall–Kier alpha value is -3.26. The van der Waals surface area contributed by atoms with Crippen molar-refractivity contribution in [3.63, 3.8) is 0 Å². The summed E-state index contributed by atoms with van der Waals surface area (Å²) in [4.78, 5) is 10.0. The third-order valence-corrected chi connectivity index (χ3v) is 4.49. The van der Waals surface area contributed by atoms with Crippen LogP contribution in [0.5, 0.6) is 5.75 Å². The van der Waals surface area contributed by atoms with E-state index in [2.05, 4.69) is 40.9 Å². The third-order valence-electron chi connectivity index (χ3n) is 4.49. The van der Waals surface area contributed by atoms with Gasteiger partial charge in [0.1, 0.15) is 17.6 Å². The number of para-hydroxylation sites is 2. The number of fused-ring (bicyclic) bond motifs is 1. The molecule has 2 aromatic carbocycles. The molecule has 3 rings (SSSR count). The van der Waals surface area contributed by atoms with E-state index in [1.54, 1.807) is 0 Å². The highest BCUT2D eigenvalue weighted by atomic mass is 16.5. The van der Waals surface area contributed by atoms with Gasteiger partial charge in [-0.1, -0.05) is 12.1 Å². The minimum absolute atomic E-state index is 0.475. The van der Waals surface area contributed by atoms with Crippen LogP contribution in [0.3, 0.4) is 0 Å². The van der Waals surface area contributed by atoms with Crippen LogP contribution in [0, 0.1) is 11.3 Å². The second-order valence-corrected chi connectivity index (χ2v) is 6.10. The number of hydrogen-bond acceptors (Lipinski definition) is 4. The smallest absolute Gasteiger partial charge is 0.149 e. The van der Waals surface area contributed by atoms with Gasteiger partial charge in [-0.15, -0.1) is 0 Å². The predicted octanol–water partition coefficient (Wildman–Crippen LogP) is 4.87. The number of ether oxygens (including phenoxy) is 1. The van der Waals surface area contributed by atoms with Crippen molar-refractivity contribution in [3.8, 4) is 11.8 Å². The number of nitriles is 1. The van der Waals surface area contributed by atoms with E-state index in [1.807, 2.05) is 49.4 Å². The minimum atomic E-state index is 0.475. The quantitative estimate of drug-likeness (QED) is 0.610. The van der Waals surface area contributed by atoms with E-state index in [0.717, 1.165) is 41.1 Å². The number of aromatic nitrogens is 2. The van der Waals surface area contributed by atoms with Gasteiger partial charge in [0.15, 0.2) is 0 Å². The summed E-state index contributed by atoms with van der Waals surface area (Å²) in [6.07, 6.45) is 1.83. The van der Waals surface area contributed by atoms with Crippen LogP contribution in [0.15, 0.2) is 42.5 Å². The highest BCUT2D eigenvalue weighted by molar-refractivity contribution is 5.91. The molecular formula is C22H24N4O. The van der Waals surface area contributed by atoms with Crippen LogP contribution in [-0.4, -0.2) is 29.7 Å². The van der Waals surface area contributed by atoms with Gasteiger partial charge in [0.25, 0.3) is 0 Å². The summed E-state index contributed by atoms with van der Waals surface area (Å²) in [5.41, 5.74) is 4.21. The van der Waals surface area contributed by atoms with Crippen molar-refractivity contribution >= 4 is 28.4 Å². The van der Waals surface area contributed by atoms with Gasteiger partial charge in [0, 0.05) is 30.4 Å². The summed E-state index contributed by atoms with van der Waals surface area (Å²) >= 11 is 0. The summed E-state index contributed by atoms with van der Waals surface area (Å²) < 4.78 is 5.85. The average molecular weight is 360 g/mol. The maximum Gasteiger partial charge on any atom is 0.149 e. The van der Waals surface area contributed by atoms with Crippen molar-refractivity contribution in [2.24, 2.45) is 0 Å². The highest BCUT2D eigenvalue weighted by Gasteiger charge is 2.11. The maximum absolute atomic E-state index is 9.68. The van der Waals surface area contributed by atoms with Crippen LogP contribution < -0.4 is 9.64 Å². The average Bonchev–Trinajstić information content (AvgIpc) is 3.12. The zero-order valence-corrected chi connectivity index (χ0v) is 16.0. The first-order chi connectivity index (χ1) is 13.2. The van der Waals surface area contributed by atoms with E-state index in [9.17, 15) is 5.26 Å². The molecule has 0 atom stereocenters. The van der Waals surface area contributed by atoms with Crippen molar-refractivity contribution in [2.75, 3.05) is 24.6 Å². The molecule has 0 aliphatic rings. The molecule has 5 nitrogen and oxygen atoms in total. The molecule has 0 radical (unpaired) electrons. The fourth-order valence-corrected chi connectivity index (χ4v) is 3.10. The van der Waals surface area contributed by atoms with Crippen molar-refractivity contribution in [2.45, 2.75) is 20.8 Å². The van der Waals surface area contributed by atoms with Crippen molar-refractivity contribution in [1.82, 2.24) is 9.97 Å². The van der Waals surface area contributed by atoms with Gasteiger partial charge in [-0.05, 0) is 51.1 Å². The minimum Gasteiger partial charge on any atom is -0.493 e. The molecule has 1 aromatic heterocycles. The number of aromatic amines is 1. The van der Waals surface area contributed by atoms with Gasteiger partial charge in [-0.2, -0.15) is 5.26 Å². The number of imidazole rings is 1. The molecule has 1 heterocycles. The molecule has 5 heteroatoms. The molecule has 0 bridgehead atoms. The van der Waals surface area contributed by atoms with Gasteiger partial charge in [0.05, 0.1) is 23.2 Å². The summed E-state index contributed by atoms with van der Waals surface area (Å²) in [5.74, 6) is 1.33. The highest BCUT2D eigenvalue weighted by Crippen LogP contribution is 2.29. The van der Waals surface area contributed by atoms with Crippen molar-refractivity contribution in [1.29, 1.82) is 5.26 Å². The second-order valence-electron chi connectivity index (χ2n) is 6.10. The molecule has 27 heavy (non-hydrogen) atoms. The number of hydrogen-bond donors (Lipinski definition) is 1. The fourth-order valence-electron chi connectivity index (χ4n) is 3.10. The van der Waals surface area contributed by atoms with E-state index in [-0.39, 0.29) is 0 Å². The summed E-state index contributed by atoms with van der Waals surface area (Å²) in [7, 11) is 0. The third kappa shape index (κ3) is 3.95. The van der Waals surface area contributed by atoms with Crippen LogP contribution in [0.2, 0.25) is 0 Å². The van der Waals surface area contributed by atoms with Gasteiger partial charge in [0.2, 0.25) is 0 Å². The number of rotatable bonds is 7. The first-order valence-electron chi connectivity index (χ1n) is 9.28. The van der Waals surface area contributed by atoms with E-state index < -0.39 is 0 Å². The Labute approximate surface area is 159 Å². The number of benzene rings is 2. The van der Waals surface area contributed by atoms with Gasteiger partial charge in [-0.25, -0.2) is 4.98 Å². The molecule has 0 fully saturated rings. The predicted molar refractivity (Wildman–Crippen MR) is 111 cm³/mol. The Morgan fingerprint density at radius 1 is 1.19 bits per heavy atom. The van der Waals surface area contributed by atoms with E-state index in [0.29, 0.717) is 18.0 Å². The molecule has 0 aliphatic carbocycles. The molecule has 0 aliphatic heterocycles. The van der Waals surface area contributed by atoms with Crippen LogP contribution in [0.1, 0.15) is 32.2 Å². The van der Waals surface area contributed by atoms with Crippen LogP contribution >= 0.6 is 0 Å². The summed E-state index contributed by atoms with van der Waals surface area (Å²) in [5, 5.41) is 9.68. The Morgan fingerprint density at radius 2 is 1.96 bits per heavy atom. The largest absolute Gasteiger partial charge is 0.493 e. The molecule has 3 aromatic rings. The molecule has 138 valence electrons. The molecular weight excluding hydrogens is 336 g/mol. The molecule has 0 saturated heterocycles. The number of H-pyrrole nitrogens is 1. The van der Waals surface area contributed by atoms with Gasteiger partial charge >= 0.3 is 0 Å². The molecule has 0 saturated carbocycles. The second kappa shape index (κ2) is 8.41. The Balaban J connectivity index is 2.03. The zero-order chi connectivity index (χ0) is 19.2. The molecule has 0 unspecified atom stereocenters. The first-order valence-corrected chi connectivity index (χ1v) is 9.28. The Kier molecular flexibility index (Phi) is 5.77. The lowest BCUT2D eigenvalue weighted by atomic mass is 10.1. The maximum atomic E-state index is 9.68. The Bertz CT molecular complexity index is 960. The van der Waals surface area contributed by atoms with Crippen LogP contribution in [0.4, 0.5) is 5.69 Å². The number of allylic oxidation sites excluding steroid dienone is 1. The van der Waals surface area contributed by atoms with E-state index in [1.165, 1.54) is 0 Å². The normalized spacial score (nSPS) is 11.4. The van der Waals surface area contributed by atoms with Gasteiger partial charge < -0.3 is 14.6 Å². The lowest BCUT2D eigenvalue weighted by Gasteiger charge is -2.22. The summed E-state index contributed by atoms with van der Waals surface area (Å²) in [6, 6.07) is 16.1. The monoisotopic (exact) mass is 360 g/mol. The number of nitrogens with one attached hydrogen (secondary N) is 1. The first kappa shape index (κ1) is 18.5. The van der Waals surface area contributed by atoms with Crippen molar-refractivity contribution in [3.05, 3.63) is 53.9 Å². The van der Waals surface area contributed by atoms with E-state index >= 15 is 0 Å². The lowest BCUT2D eigenvalue weighted by molar-refractivity contribution is 0.339. The van der Waals surface area contributed by atoms with Crippen molar-refractivity contribution < 1.29 is 4.74 Å².